The van der Waals surface area contributed by atoms with Crippen LogP contribution in [0.1, 0.15) is 61.3 Å². The molecule has 14 heteroatoms. The predicted octanol–water partition coefficient (Wildman–Crippen LogP) is 6.39. The summed E-state index contributed by atoms with van der Waals surface area (Å²) in [4.78, 5) is 66.2. The highest BCUT2D eigenvalue weighted by Crippen LogP contribution is 2.34. The number of benzene rings is 4. The molecule has 0 aliphatic carbocycles. The Bertz CT molecular complexity index is 2350. The Hall–Kier alpha value is -6.93. The number of esters is 3. The summed E-state index contributed by atoms with van der Waals surface area (Å²) >= 11 is 0. The highest BCUT2D eigenvalue weighted by atomic mass is 16.6. The van der Waals surface area contributed by atoms with Crippen molar-refractivity contribution in [1.29, 1.82) is 0 Å². The highest BCUT2D eigenvalue weighted by Gasteiger charge is 2.41. The van der Waals surface area contributed by atoms with Crippen LogP contribution in [0, 0.1) is 13.8 Å². The minimum Gasteiger partial charge on any atom is -0.459 e. The highest BCUT2D eigenvalue weighted by molar-refractivity contribution is 5.90. The lowest BCUT2D eigenvalue weighted by molar-refractivity contribution is -0.147. The molecule has 0 spiro atoms. The second-order valence-electron chi connectivity index (χ2n) is 13.8. The minimum atomic E-state index is -1.20. The lowest BCUT2D eigenvalue weighted by Crippen LogP contribution is -2.43. The van der Waals surface area contributed by atoms with E-state index in [2.05, 4.69) is 20.3 Å². The number of rotatable bonds is 14. The molecular weight excluding hydrogens is 743 g/mol. The zero-order chi connectivity index (χ0) is 40.4. The molecular formula is C44H41N5O9. The van der Waals surface area contributed by atoms with Gasteiger partial charge in [-0.3, -0.25) is 4.57 Å². The van der Waals surface area contributed by atoms with E-state index in [4.69, 9.17) is 23.7 Å². The van der Waals surface area contributed by atoms with Crippen LogP contribution in [0.15, 0.2) is 122 Å². The fraction of sp³-hybridized carbons (Fsp3) is 0.250. The van der Waals surface area contributed by atoms with Gasteiger partial charge in [0, 0.05) is 12.8 Å². The van der Waals surface area contributed by atoms with Gasteiger partial charge in [-0.1, -0.05) is 96.1 Å². The lowest BCUT2D eigenvalue weighted by Gasteiger charge is -2.19. The maximum absolute atomic E-state index is 13.5. The maximum Gasteiger partial charge on any atom is 0.408 e. The average Bonchev–Trinajstić information content (AvgIpc) is 3.86. The first-order valence-electron chi connectivity index (χ1n) is 18.7. The molecule has 3 heterocycles. The molecule has 1 aliphatic rings. The number of aromatic nitrogens is 4. The van der Waals surface area contributed by atoms with Crippen molar-refractivity contribution in [3.8, 4) is 0 Å². The molecule has 1 aliphatic heterocycles. The molecule has 6 aromatic rings. The Labute approximate surface area is 334 Å². The number of hydrogen-bond donors (Lipinski definition) is 1. The van der Waals surface area contributed by atoms with Crippen LogP contribution in [0.3, 0.4) is 0 Å². The van der Waals surface area contributed by atoms with Crippen molar-refractivity contribution < 1.29 is 42.9 Å². The molecule has 58 heavy (non-hydrogen) atoms. The Balaban J connectivity index is 1.10. The number of alkyl carbamates (subject to hydrolysis) is 1. The van der Waals surface area contributed by atoms with Crippen molar-refractivity contribution in [2.45, 2.75) is 64.4 Å². The number of fused-ring (bicyclic) bond motifs is 1. The van der Waals surface area contributed by atoms with E-state index >= 15 is 0 Å². The molecule has 1 amide bonds. The van der Waals surface area contributed by atoms with Gasteiger partial charge >= 0.3 is 24.0 Å². The zero-order valence-corrected chi connectivity index (χ0v) is 31.9. The second-order valence-corrected chi connectivity index (χ2v) is 13.8. The van der Waals surface area contributed by atoms with Gasteiger partial charge in [0.1, 0.15) is 56.1 Å². The molecule has 0 bridgehead atoms. The molecule has 0 saturated carbocycles. The van der Waals surface area contributed by atoms with Gasteiger partial charge in [-0.25, -0.2) is 34.1 Å². The molecule has 0 radical (unpaired) electrons. The van der Waals surface area contributed by atoms with Crippen molar-refractivity contribution in [2.75, 3.05) is 6.61 Å². The largest absolute Gasteiger partial charge is 0.459 e. The fourth-order valence-electron chi connectivity index (χ4n) is 6.35. The number of amides is 1. The van der Waals surface area contributed by atoms with E-state index in [0.29, 0.717) is 28.0 Å². The molecule has 1 N–H and O–H groups in total. The van der Waals surface area contributed by atoms with Crippen LogP contribution < -0.4 is 5.32 Å². The molecule has 7 rings (SSSR count). The van der Waals surface area contributed by atoms with Crippen LogP contribution in [0.25, 0.3) is 11.2 Å². The first-order valence-corrected chi connectivity index (χ1v) is 18.7. The molecule has 4 atom stereocenters. The third-order valence-electron chi connectivity index (χ3n) is 9.55. The molecule has 0 unspecified atom stereocenters. The molecule has 2 aromatic heterocycles. The Morgan fingerprint density at radius 2 is 1.34 bits per heavy atom. The molecule has 296 valence electrons. The van der Waals surface area contributed by atoms with E-state index in [0.717, 1.165) is 22.3 Å². The van der Waals surface area contributed by atoms with Crippen molar-refractivity contribution in [3.63, 3.8) is 0 Å². The van der Waals surface area contributed by atoms with Crippen LogP contribution in [0.5, 0.6) is 0 Å². The monoisotopic (exact) mass is 783 g/mol. The van der Waals surface area contributed by atoms with Gasteiger partial charge in [-0.2, -0.15) is 0 Å². The summed E-state index contributed by atoms with van der Waals surface area (Å²) in [6.45, 7) is 3.63. The number of carbonyl (C=O) groups is 4. The van der Waals surface area contributed by atoms with Gasteiger partial charge < -0.3 is 29.0 Å². The molecule has 1 saturated heterocycles. The topological polar surface area (TPSA) is 170 Å². The summed E-state index contributed by atoms with van der Waals surface area (Å²) in [6.07, 6.45) is -0.300. The number of nitrogens with one attached hydrogen (secondary N) is 1. The second kappa shape index (κ2) is 18.3. The Kier molecular flexibility index (Phi) is 12.4. The maximum atomic E-state index is 13.5. The smallest absolute Gasteiger partial charge is 0.408 e. The van der Waals surface area contributed by atoms with Crippen LogP contribution in [-0.4, -0.2) is 68.4 Å². The van der Waals surface area contributed by atoms with E-state index in [-0.39, 0.29) is 32.7 Å². The quantitative estimate of drug-likeness (QED) is 0.0955. The van der Waals surface area contributed by atoms with Gasteiger partial charge in [-0.15, -0.1) is 0 Å². The van der Waals surface area contributed by atoms with Gasteiger partial charge in [0.05, 0.1) is 23.1 Å². The van der Waals surface area contributed by atoms with Crippen molar-refractivity contribution >= 4 is 35.2 Å². The van der Waals surface area contributed by atoms with E-state index in [1.807, 2.05) is 98.8 Å². The average molecular weight is 784 g/mol. The summed E-state index contributed by atoms with van der Waals surface area (Å²) in [5.41, 5.74) is 5.32. The third kappa shape index (κ3) is 9.89. The van der Waals surface area contributed by atoms with E-state index in [1.165, 1.54) is 12.7 Å². The third-order valence-corrected chi connectivity index (χ3v) is 9.55. The van der Waals surface area contributed by atoms with Crippen molar-refractivity contribution in [2.24, 2.45) is 0 Å². The summed E-state index contributed by atoms with van der Waals surface area (Å²) in [5, 5.41) is 2.64. The Morgan fingerprint density at radius 3 is 1.98 bits per heavy atom. The number of nitrogens with zero attached hydrogens (tertiary/aromatic N) is 4. The first-order chi connectivity index (χ1) is 28.2. The molecule has 1 fully saturated rings. The summed E-state index contributed by atoms with van der Waals surface area (Å²) in [6, 6.07) is 31.1. The van der Waals surface area contributed by atoms with E-state index in [1.54, 1.807) is 28.8 Å². The van der Waals surface area contributed by atoms with Crippen LogP contribution in [-0.2, 0) is 48.1 Å². The number of aryl methyl sites for hydroxylation is 2. The molecule has 4 aromatic carbocycles. The van der Waals surface area contributed by atoms with Crippen molar-refractivity contribution in [3.05, 3.63) is 161 Å². The van der Waals surface area contributed by atoms with Gasteiger partial charge in [0.2, 0.25) is 0 Å². The van der Waals surface area contributed by atoms with Gasteiger partial charge in [0.25, 0.3) is 0 Å². The predicted molar refractivity (Wildman–Crippen MR) is 209 cm³/mol. The van der Waals surface area contributed by atoms with Crippen molar-refractivity contribution in [1.82, 2.24) is 24.8 Å². The van der Waals surface area contributed by atoms with Crippen LogP contribution in [0.4, 0.5) is 4.79 Å². The Morgan fingerprint density at radius 1 is 0.741 bits per heavy atom. The minimum absolute atomic E-state index is 0.00449. The summed E-state index contributed by atoms with van der Waals surface area (Å²) < 4.78 is 30.7. The van der Waals surface area contributed by atoms with E-state index < -0.39 is 48.5 Å². The van der Waals surface area contributed by atoms with E-state index in [9.17, 15) is 19.2 Å². The number of imidazole rings is 1. The van der Waals surface area contributed by atoms with Crippen LogP contribution >= 0.6 is 0 Å². The van der Waals surface area contributed by atoms with Gasteiger partial charge in [-0.05, 0) is 49.2 Å². The van der Waals surface area contributed by atoms with Crippen LogP contribution in [0.2, 0.25) is 0 Å². The summed E-state index contributed by atoms with van der Waals surface area (Å²) in [5.74, 6) is -1.80. The lowest BCUT2D eigenvalue weighted by atomic mass is 10.1. The molecule has 14 nitrogen and oxygen atoms in total. The fourth-order valence-corrected chi connectivity index (χ4v) is 6.35. The number of carbonyl (C=O) groups excluding carboxylic acids is 4. The normalized spacial score (nSPS) is 16.6. The number of hydrogen-bond acceptors (Lipinski definition) is 12. The van der Waals surface area contributed by atoms with Gasteiger partial charge in [0.15, 0.2) is 5.65 Å². The number of ether oxygens (including phenoxy) is 5. The first kappa shape index (κ1) is 39.3. The standard InChI is InChI=1S/C44H41N5O9/c1-28-13-17-32(18-14-28)41(50)55-25-37-36(58-42(51)33-19-15-29(2)16-20-33)22-38(57-37)49-27-47-39-34(45-26-46-40(39)49)21-35(43(52)54-23-30-9-5-3-6-10-30)48-44(53)56-24-31-11-7-4-8-12-31/h3-20,26-27,35-38H,21-25H2,1-2H3,(H,48,53)/t35-,36+,37-,38-/m1/s1. The zero-order valence-electron chi connectivity index (χ0n) is 31.9. The summed E-state index contributed by atoms with van der Waals surface area (Å²) in [7, 11) is 0. The SMILES string of the molecule is Cc1ccc(C(=O)OC[C@H]2O[C@@H](n3cnc4c(C[C@@H](NC(=O)OCc5ccccc5)C(=O)OCc5ccccc5)ncnc43)C[C@@H]2OC(=O)c2ccc(C)cc2)cc1.